The van der Waals surface area contributed by atoms with Crippen LogP contribution in [0.15, 0.2) is 24.5 Å². The maximum absolute atomic E-state index is 6.28. The lowest BCUT2D eigenvalue weighted by molar-refractivity contribution is 0.122. The van der Waals surface area contributed by atoms with Gasteiger partial charge in [-0.15, -0.1) is 0 Å². The van der Waals surface area contributed by atoms with Crippen molar-refractivity contribution in [2.75, 3.05) is 54.5 Å². The first-order valence-corrected chi connectivity index (χ1v) is 9.43. The van der Waals surface area contributed by atoms with Crippen molar-refractivity contribution >= 4 is 40.8 Å². The second-order valence-corrected chi connectivity index (χ2v) is 7.22. The van der Waals surface area contributed by atoms with Crippen molar-refractivity contribution in [2.45, 2.75) is 12.5 Å². The van der Waals surface area contributed by atoms with Crippen LogP contribution in [0.1, 0.15) is 6.42 Å². The molecule has 0 saturated carbocycles. The lowest BCUT2D eigenvalue weighted by Crippen LogP contribution is -2.37. The fourth-order valence-corrected chi connectivity index (χ4v) is 3.76. The van der Waals surface area contributed by atoms with Crippen molar-refractivity contribution < 1.29 is 4.74 Å². The van der Waals surface area contributed by atoms with Gasteiger partial charge in [-0.3, -0.25) is 0 Å². The summed E-state index contributed by atoms with van der Waals surface area (Å²) in [5.41, 5.74) is 0. The van der Waals surface area contributed by atoms with E-state index in [0.717, 1.165) is 50.2 Å². The van der Waals surface area contributed by atoms with Gasteiger partial charge >= 0.3 is 0 Å². The second-order valence-electron chi connectivity index (χ2n) is 6.38. The first-order chi connectivity index (χ1) is 12.7. The Morgan fingerprint density at radius 2 is 1.96 bits per heavy atom. The molecule has 2 aliphatic heterocycles. The number of aromatic nitrogens is 3. The quantitative estimate of drug-likeness (QED) is 0.854. The van der Waals surface area contributed by atoms with E-state index in [0.29, 0.717) is 23.3 Å². The van der Waals surface area contributed by atoms with E-state index < -0.39 is 0 Å². The van der Waals surface area contributed by atoms with Crippen molar-refractivity contribution in [3.8, 4) is 0 Å². The molecule has 2 aromatic heterocycles. The zero-order chi connectivity index (χ0) is 17.9. The molecule has 0 aliphatic carbocycles. The van der Waals surface area contributed by atoms with Crippen molar-refractivity contribution in [3.05, 3.63) is 34.6 Å². The molecule has 2 aromatic rings. The Morgan fingerprint density at radius 3 is 2.77 bits per heavy atom. The summed E-state index contributed by atoms with van der Waals surface area (Å²) in [6, 6.07) is 3.90. The van der Waals surface area contributed by atoms with Crippen LogP contribution in [0.4, 0.5) is 17.6 Å². The highest BCUT2D eigenvalue weighted by Gasteiger charge is 2.25. The zero-order valence-corrected chi connectivity index (χ0v) is 15.7. The van der Waals surface area contributed by atoms with Gasteiger partial charge < -0.3 is 19.9 Å². The number of halogens is 2. The molecule has 0 amide bonds. The van der Waals surface area contributed by atoms with Crippen LogP contribution in [0, 0.1) is 0 Å². The van der Waals surface area contributed by atoms with Crippen LogP contribution < -0.4 is 15.1 Å². The molecule has 0 bridgehead atoms. The van der Waals surface area contributed by atoms with Crippen LogP contribution in [0.3, 0.4) is 0 Å². The van der Waals surface area contributed by atoms with E-state index in [1.807, 2.05) is 6.07 Å². The maximum atomic E-state index is 6.28. The minimum atomic E-state index is 0.274. The molecule has 1 unspecified atom stereocenters. The number of anilines is 3. The lowest BCUT2D eigenvalue weighted by atomic mass is 10.2. The van der Waals surface area contributed by atoms with E-state index in [1.165, 1.54) is 0 Å². The summed E-state index contributed by atoms with van der Waals surface area (Å²) in [6.45, 7) is 4.77. The molecule has 1 N–H and O–H groups in total. The molecule has 1 atom stereocenters. The number of hydrogen-bond donors (Lipinski definition) is 1. The predicted molar refractivity (Wildman–Crippen MR) is 104 cm³/mol. The average molecular weight is 395 g/mol. The van der Waals surface area contributed by atoms with Gasteiger partial charge in [-0.2, -0.15) is 4.98 Å². The molecule has 2 fully saturated rings. The van der Waals surface area contributed by atoms with Crippen LogP contribution in [-0.4, -0.2) is 60.4 Å². The van der Waals surface area contributed by atoms with E-state index in [-0.39, 0.29) is 6.04 Å². The highest BCUT2D eigenvalue weighted by Crippen LogP contribution is 2.29. The third-order valence-corrected chi connectivity index (χ3v) is 5.05. The van der Waals surface area contributed by atoms with E-state index in [1.54, 1.807) is 18.5 Å². The summed E-state index contributed by atoms with van der Waals surface area (Å²) < 4.78 is 5.39. The van der Waals surface area contributed by atoms with Gasteiger partial charge in [-0.1, -0.05) is 23.2 Å². The zero-order valence-electron chi connectivity index (χ0n) is 14.2. The summed E-state index contributed by atoms with van der Waals surface area (Å²) in [5.74, 6) is 2.36. The summed E-state index contributed by atoms with van der Waals surface area (Å²) in [7, 11) is 0. The lowest BCUT2D eigenvalue weighted by Gasteiger charge is -2.27. The molecule has 0 aromatic carbocycles. The van der Waals surface area contributed by atoms with E-state index in [9.17, 15) is 0 Å². The van der Waals surface area contributed by atoms with Crippen molar-refractivity contribution in [1.29, 1.82) is 0 Å². The van der Waals surface area contributed by atoms with Crippen molar-refractivity contribution in [3.63, 3.8) is 0 Å². The van der Waals surface area contributed by atoms with Crippen LogP contribution in [0.25, 0.3) is 0 Å². The number of hydrogen-bond acceptors (Lipinski definition) is 7. The van der Waals surface area contributed by atoms with E-state index in [2.05, 4.69) is 30.1 Å². The SMILES string of the molecule is Clc1cnc(N2CCC(Nc3ccnc(N4CCOCC4)n3)C2)c(Cl)c1. The van der Waals surface area contributed by atoms with Crippen LogP contribution in [0.2, 0.25) is 10.0 Å². The van der Waals surface area contributed by atoms with Gasteiger partial charge in [0.15, 0.2) is 0 Å². The van der Waals surface area contributed by atoms with Crippen molar-refractivity contribution in [2.24, 2.45) is 0 Å². The molecule has 9 heteroatoms. The average Bonchev–Trinajstić information content (AvgIpc) is 3.11. The smallest absolute Gasteiger partial charge is 0.227 e. The summed E-state index contributed by atoms with van der Waals surface area (Å²) in [5, 5.41) is 4.63. The van der Waals surface area contributed by atoms with Gasteiger partial charge in [0.05, 0.1) is 23.3 Å². The van der Waals surface area contributed by atoms with E-state index >= 15 is 0 Å². The number of nitrogens with zero attached hydrogens (tertiary/aromatic N) is 5. The molecule has 26 heavy (non-hydrogen) atoms. The normalized spacial score (nSPS) is 20.5. The summed E-state index contributed by atoms with van der Waals surface area (Å²) in [6.07, 6.45) is 4.41. The van der Waals surface area contributed by atoms with Gasteiger partial charge in [0.25, 0.3) is 0 Å². The highest BCUT2D eigenvalue weighted by atomic mass is 35.5. The summed E-state index contributed by atoms with van der Waals surface area (Å²) in [4.78, 5) is 17.7. The minimum Gasteiger partial charge on any atom is -0.378 e. The molecular formula is C17H20Cl2N6O. The Morgan fingerprint density at radius 1 is 1.12 bits per heavy atom. The number of nitrogens with one attached hydrogen (secondary N) is 1. The standard InChI is InChI=1S/C17H20Cl2N6O/c18-12-9-14(19)16(21-10-12)25-4-2-13(11-25)22-15-1-3-20-17(23-15)24-5-7-26-8-6-24/h1,3,9-10,13H,2,4-8,11H2,(H,20,22,23). The second kappa shape index (κ2) is 7.82. The summed E-state index contributed by atoms with van der Waals surface area (Å²) >= 11 is 12.2. The molecule has 0 spiro atoms. The third-order valence-electron chi connectivity index (χ3n) is 4.56. The largest absolute Gasteiger partial charge is 0.378 e. The Labute approximate surface area is 162 Å². The first-order valence-electron chi connectivity index (χ1n) is 8.67. The number of rotatable bonds is 4. The minimum absolute atomic E-state index is 0.274. The molecule has 0 radical (unpaired) electrons. The van der Waals surface area contributed by atoms with Gasteiger partial charge in [0, 0.05) is 44.6 Å². The molecule has 4 rings (SSSR count). The molecule has 7 nitrogen and oxygen atoms in total. The molecule has 2 aliphatic rings. The van der Waals surface area contributed by atoms with Crippen LogP contribution >= 0.6 is 23.2 Å². The van der Waals surface area contributed by atoms with Crippen LogP contribution in [0.5, 0.6) is 0 Å². The Bertz CT molecular complexity index is 771. The topological polar surface area (TPSA) is 66.4 Å². The van der Waals surface area contributed by atoms with Gasteiger partial charge in [-0.05, 0) is 18.6 Å². The first kappa shape index (κ1) is 17.6. The Balaban J connectivity index is 1.40. The fraction of sp³-hybridized carbons (Fsp3) is 0.471. The van der Waals surface area contributed by atoms with Gasteiger partial charge in [-0.25, -0.2) is 9.97 Å². The number of morpholine rings is 1. The highest BCUT2D eigenvalue weighted by molar-refractivity contribution is 6.36. The Hall–Kier alpha value is -1.83. The Kier molecular flexibility index (Phi) is 5.28. The molecular weight excluding hydrogens is 375 g/mol. The molecule has 4 heterocycles. The predicted octanol–water partition coefficient (Wildman–Crippen LogP) is 2.71. The van der Waals surface area contributed by atoms with Crippen LogP contribution in [-0.2, 0) is 4.74 Å². The third kappa shape index (κ3) is 3.95. The van der Waals surface area contributed by atoms with E-state index in [4.69, 9.17) is 27.9 Å². The van der Waals surface area contributed by atoms with Crippen molar-refractivity contribution in [1.82, 2.24) is 15.0 Å². The van der Waals surface area contributed by atoms with Gasteiger partial charge in [0.2, 0.25) is 5.95 Å². The number of ether oxygens (including phenoxy) is 1. The maximum Gasteiger partial charge on any atom is 0.227 e. The molecule has 138 valence electrons. The monoisotopic (exact) mass is 394 g/mol. The fourth-order valence-electron chi connectivity index (χ4n) is 3.26. The molecule has 2 saturated heterocycles. The number of pyridine rings is 1. The van der Waals surface area contributed by atoms with Gasteiger partial charge in [0.1, 0.15) is 11.6 Å².